The number of nitrogens with zero attached hydrogens (tertiary/aromatic N) is 2. The van der Waals surface area contributed by atoms with Crippen molar-refractivity contribution in [2.24, 2.45) is 0 Å². The third kappa shape index (κ3) is 5.17. The molecular weight excluding hydrogens is 238 g/mol. The van der Waals surface area contributed by atoms with Crippen molar-refractivity contribution in [1.29, 1.82) is 0 Å². The van der Waals surface area contributed by atoms with E-state index in [9.17, 15) is 0 Å². The molecule has 0 saturated carbocycles. The van der Waals surface area contributed by atoms with Crippen LogP contribution in [-0.4, -0.2) is 42.7 Å². The number of likely N-dealkylation sites (tertiary alicyclic amines) is 1. The fourth-order valence-corrected chi connectivity index (χ4v) is 2.33. The molecule has 0 amide bonds. The molecule has 1 N–H and O–H groups in total. The van der Waals surface area contributed by atoms with Crippen LogP contribution in [0.5, 0.6) is 5.75 Å². The van der Waals surface area contributed by atoms with Gasteiger partial charge in [0.25, 0.3) is 0 Å². The molecule has 0 unspecified atom stereocenters. The maximum absolute atomic E-state index is 5.81. The summed E-state index contributed by atoms with van der Waals surface area (Å²) >= 11 is 0. The topological polar surface area (TPSA) is 37.4 Å². The molecule has 2 heterocycles. The molecule has 1 aliphatic heterocycles. The van der Waals surface area contributed by atoms with Gasteiger partial charge in [-0.1, -0.05) is 6.92 Å². The molecule has 0 radical (unpaired) electrons. The second-order valence-corrected chi connectivity index (χ2v) is 5.06. The fourth-order valence-electron chi connectivity index (χ4n) is 2.33. The molecule has 0 aromatic carbocycles. The average molecular weight is 263 g/mol. The van der Waals surface area contributed by atoms with Crippen molar-refractivity contribution >= 4 is 0 Å². The largest absolute Gasteiger partial charge is 0.492 e. The first-order valence-electron chi connectivity index (χ1n) is 7.39. The third-order valence-corrected chi connectivity index (χ3v) is 3.40. The minimum atomic E-state index is 0.770. The van der Waals surface area contributed by atoms with E-state index in [0.717, 1.165) is 44.1 Å². The molecule has 1 saturated heterocycles. The van der Waals surface area contributed by atoms with Gasteiger partial charge in [0, 0.05) is 25.4 Å². The molecule has 0 bridgehead atoms. The van der Waals surface area contributed by atoms with Crippen LogP contribution in [0.15, 0.2) is 18.3 Å². The van der Waals surface area contributed by atoms with Crippen LogP contribution in [0.25, 0.3) is 0 Å². The minimum absolute atomic E-state index is 0.770. The first-order valence-corrected chi connectivity index (χ1v) is 7.39. The van der Waals surface area contributed by atoms with Gasteiger partial charge in [0.1, 0.15) is 12.4 Å². The molecule has 4 nitrogen and oxygen atoms in total. The van der Waals surface area contributed by atoms with Crippen LogP contribution in [0.4, 0.5) is 0 Å². The quantitative estimate of drug-likeness (QED) is 0.729. The molecular formula is C15H25N3O. The first-order chi connectivity index (χ1) is 9.38. The summed E-state index contributed by atoms with van der Waals surface area (Å²) in [5.41, 5.74) is 1.05. The van der Waals surface area contributed by atoms with E-state index < -0.39 is 0 Å². The highest BCUT2D eigenvalue weighted by Crippen LogP contribution is 2.12. The number of hydrogen-bond acceptors (Lipinski definition) is 4. The molecule has 2 rings (SSSR count). The van der Waals surface area contributed by atoms with Crippen molar-refractivity contribution in [1.82, 2.24) is 15.2 Å². The van der Waals surface area contributed by atoms with Gasteiger partial charge in [-0.3, -0.25) is 9.88 Å². The number of ether oxygens (including phenoxy) is 1. The minimum Gasteiger partial charge on any atom is -0.492 e. The van der Waals surface area contributed by atoms with Crippen molar-refractivity contribution in [3.63, 3.8) is 0 Å². The Morgan fingerprint density at radius 3 is 3.00 bits per heavy atom. The molecule has 0 spiro atoms. The summed E-state index contributed by atoms with van der Waals surface area (Å²) in [5, 5.41) is 3.35. The molecule has 1 aromatic rings. The van der Waals surface area contributed by atoms with Crippen LogP contribution in [-0.2, 0) is 6.54 Å². The Morgan fingerprint density at radius 1 is 1.37 bits per heavy atom. The zero-order chi connectivity index (χ0) is 13.3. The van der Waals surface area contributed by atoms with Gasteiger partial charge in [-0.2, -0.15) is 0 Å². The fraction of sp³-hybridized carbons (Fsp3) is 0.667. The SMILES string of the molecule is CCCNCc1cc(OCCN2CCCC2)ccn1. The summed E-state index contributed by atoms with van der Waals surface area (Å²) in [6.45, 7) is 8.27. The first kappa shape index (κ1) is 14.3. The number of nitrogens with one attached hydrogen (secondary N) is 1. The molecule has 4 heteroatoms. The molecule has 1 aromatic heterocycles. The normalized spacial score (nSPS) is 15.8. The summed E-state index contributed by atoms with van der Waals surface area (Å²) in [6.07, 6.45) is 5.64. The summed E-state index contributed by atoms with van der Waals surface area (Å²) in [7, 11) is 0. The highest BCUT2D eigenvalue weighted by atomic mass is 16.5. The van der Waals surface area contributed by atoms with E-state index >= 15 is 0 Å². The van der Waals surface area contributed by atoms with Gasteiger partial charge in [-0.05, 0) is 45.0 Å². The summed E-state index contributed by atoms with van der Waals surface area (Å²) in [4.78, 5) is 6.81. The molecule has 106 valence electrons. The second-order valence-electron chi connectivity index (χ2n) is 5.06. The highest BCUT2D eigenvalue weighted by molar-refractivity contribution is 5.22. The van der Waals surface area contributed by atoms with Crippen LogP contribution >= 0.6 is 0 Å². The Hall–Kier alpha value is -1.13. The van der Waals surface area contributed by atoms with E-state index in [1.54, 1.807) is 0 Å². The molecule has 19 heavy (non-hydrogen) atoms. The number of rotatable bonds is 8. The second kappa shape index (κ2) is 8.12. The third-order valence-electron chi connectivity index (χ3n) is 3.40. The molecule has 1 aliphatic rings. The van der Waals surface area contributed by atoms with E-state index in [2.05, 4.69) is 22.1 Å². The number of hydrogen-bond donors (Lipinski definition) is 1. The van der Waals surface area contributed by atoms with Crippen LogP contribution < -0.4 is 10.1 Å². The van der Waals surface area contributed by atoms with Crippen molar-refractivity contribution in [3.8, 4) is 5.75 Å². The Kier molecular flexibility index (Phi) is 6.11. The molecule has 1 fully saturated rings. The Balaban J connectivity index is 1.71. The van der Waals surface area contributed by atoms with Crippen LogP contribution in [0.1, 0.15) is 31.9 Å². The maximum atomic E-state index is 5.81. The molecule has 0 atom stereocenters. The van der Waals surface area contributed by atoms with Gasteiger partial charge in [0.2, 0.25) is 0 Å². The van der Waals surface area contributed by atoms with Gasteiger partial charge in [-0.15, -0.1) is 0 Å². The summed E-state index contributed by atoms with van der Waals surface area (Å²) in [5.74, 6) is 0.933. The zero-order valence-corrected chi connectivity index (χ0v) is 11.9. The lowest BCUT2D eigenvalue weighted by Crippen LogP contribution is -2.25. The monoisotopic (exact) mass is 263 g/mol. The standard InChI is InChI=1S/C15H25N3O/c1-2-6-16-13-14-12-15(5-7-17-14)19-11-10-18-8-3-4-9-18/h5,7,12,16H,2-4,6,8-11,13H2,1H3. The van der Waals surface area contributed by atoms with E-state index in [4.69, 9.17) is 4.74 Å². The van der Waals surface area contributed by atoms with Crippen LogP contribution in [0.2, 0.25) is 0 Å². The number of pyridine rings is 1. The van der Waals surface area contributed by atoms with E-state index in [1.807, 2.05) is 18.3 Å². The smallest absolute Gasteiger partial charge is 0.122 e. The predicted molar refractivity (Wildman–Crippen MR) is 77.4 cm³/mol. The Morgan fingerprint density at radius 2 is 2.21 bits per heavy atom. The van der Waals surface area contributed by atoms with E-state index in [0.29, 0.717) is 0 Å². The van der Waals surface area contributed by atoms with Gasteiger partial charge >= 0.3 is 0 Å². The van der Waals surface area contributed by atoms with Crippen LogP contribution in [0, 0.1) is 0 Å². The lowest BCUT2D eigenvalue weighted by molar-refractivity contribution is 0.237. The van der Waals surface area contributed by atoms with E-state index in [-0.39, 0.29) is 0 Å². The average Bonchev–Trinajstić information content (AvgIpc) is 2.93. The van der Waals surface area contributed by atoms with Crippen molar-refractivity contribution in [2.75, 3.05) is 32.8 Å². The lowest BCUT2D eigenvalue weighted by Gasteiger charge is -2.15. The highest BCUT2D eigenvalue weighted by Gasteiger charge is 2.10. The van der Waals surface area contributed by atoms with E-state index in [1.165, 1.54) is 25.9 Å². The van der Waals surface area contributed by atoms with Gasteiger partial charge in [-0.25, -0.2) is 0 Å². The van der Waals surface area contributed by atoms with Gasteiger partial charge < -0.3 is 10.1 Å². The maximum Gasteiger partial charge on any atom is 0.122 e. The van der Waals surface area contributed by atoms with Gasteiger partial charge in [0.15, 0.2) is 0 Å². The Labute approximate surface area is 116 Å². The summed E-state index contributed by atoms with van der Waals surface area (Å²) < 4.78 is 5.81. The number of aromatic nitrogens is 1. The lowest BCUT2D eigenvalue weighted by atomic mass is 10.3. The Bertz CT molecular complexity index is 364. The van der Waals surface area contributed by atoms with Crippen molar-refractivity contribution < 1.29 is 4.74 Å². The predicted octanol–water partition coefficient (Wildman–Crippen LogP) is 2.06. The van der Waals surface area contributed by atoms with Gasteiger partial charge in [0.05, 0.1) is 5.69 Å². The van der Waals surface area contributed by atoms with Crippen molar-refractivity contribution in [3.05, 3.63) is 24.0 Å². The van der Waals surface area contributed by atoms with Crippen molar-refractivity contribution in [2.45, 2.75) is 32.7 Å². The van der Waals surface area contributed by atoms with Crippen LogP contribution in [0.3, 0.4) is 0 Å². The zero-order valence-electron chi connectivity index (χ0n) is 11.9. The summed E-state index contributed by atoms with van der Waals surface area (Å²) in [6, 6.07) is 3.97. The molecule has 0 aliphatic carbocycles.